The van der Waals surface area contributed by atoms with Crippen LogP contribution in [0.4, 0.5) is 0 Å². The van der Waals surface area contributed by atoms with Crippen molar-refractivity contribution in [3.05, 3.63) is 11.8 Å². The molecule has 0 aliphatic carbocycles. The molecule has 0 aromatic rings. The summed E-state index contributed by atoms with van der Waals surface area (Å²) in [5, 5.41) is 9.70. The van der Waals surface area contributed by atoms with E-state index in [2.05, 4.69) is 4.90 Å². The van der Waals surface area contributed by atoms with Crippen LogP contribution in [0.2, 0.25) is 0 Å². The summed E-state index contributed by atoms with van der Waals surface area (Å²) in [7, 11) is 0. The third-order valence-electron chi connectivity index (χ3n) is 5.70. The summed E-state index contributed by atoms with van der Waals surface area (Å²) in [5.41, 5.74) is 0. The molecule has 4 aliphatic rings. The lowest BCUT2D eigenvalue weighted by Crippen LogP contribution is -2.66. The van der Waals surface area contributed by atoms with E-state index in [9.17, 15) is 9.90 Å². The van der Waals surface area contributed by atoms with Gasteiger partial charge < -0.3 is 10.0 Å². The first kappa shape index (κ1) is 11.8. The number of carbonyl (C=O) groups excluding carboxylic acids is 1. The molecular weight excluding hydrogens is 240 g/mol. The van der Waals surface area contributed by atoms with Gasteiger partial charge in [0.2, 0.25) is 0 Å². The molecule has 0 unspecified atom stereocenters. The quantitative estimate of drug-likeness (QED) is 0.720. The third kappa shape index (κ3) is 1.65. The number of amides is 1. The van der Waals surface area contributed by atoms with E-state index in [4.69, 9.17) is 0 Å². The molecule has 1 N–H and O–H groups in total. The summed E-state index contributed by atoms with van der Waals surface area (Å²) in [6.45, 7) is 3.36. The molecule has 0 aromatic heterocycles. The van der Waals surface area contributed by atoms with Gasteiger partial charge in [-0.1, -0.05) is 0 Å². The Morgan fingerprint density at radius 1 is 1.21 bits per heavy atom. The minimum atomic E-state index is -0.127. The van der Waals surface area contributed by atoms with Crippen molar-refractivity contribution in [2.45, 2.75) is 44.2 Å². The number of piperidine rings is 3. The average Bonchev–Trinajstić information content (AvgIpc) is 2.44. The molecule has 4 heteroatoms. The van der Waals surface area contributed by atoms with E-state index in [1.807, 2.05) is 4.90 Å². The smallest absolute Gasteiger partial charge is 0.288 e. The molecular formula is C15H22N2O2. The average molecular weight is 262 g/mol. The van der Waals surface area contributed by atoms with Gasteiger partial charge in [0.05, 0.1) is 0 Å². The van der Waals surface area contributed by atoms with E-state index in [0.29, 0.717) is 23.9 Å². The monoisotopic (exact) mass is 262 g/mol. The number of aliphatic hydroxyl groups is 1. The van der Waals surface area contributed by atoms with Crippen LogP contribution in [-0.4, -0.2) is 52.5 Å². The minimum absolute atomic E-state index is 0.0295. The van der Waals surface area contributed by atoms with Crippen LogP contribution in [-0.2, 0) is 4.79 Å². The lowest BCUT2D eigenvalue weighted by molar-refractivity contribution is -0.146. The Balaban J connectivity index is 1.68. The summed E-state index contributed by atoms with van der Waals surface area (Å²) in [5.74, 6) is 1.10. The summed E-state index contributed by atoms with van der Waals surface area (Å²) in [6.07, 6.45) is 7.62. The van der Waals surface area contributed by atoms with Gasteiger partial charge in [0.25, 0.3) is 5.91 Å². The number of hydrogen-bond donors (Lipinski definition) is 1. The zero-order valence-corrected chi connectivity index (χ0v) is 11.3. The standard InChI is InChI=1S/C15H22N2O2/c18-13-6-5-12-11-4-2-8-16-7-1-3-10(14(11)16)9-17(12)15(13)19/h6,10-12,14,18H,1-5,7-9H2/t10-,11+,12+,14-/m0/s1. The maximum Gasteiger partial charge on any atom is 0.288 e. The van der Waals surface area contributed by atoms with E-state index < -0.39 is 0 Å². The maximum atomic E-state index is 12.2. The number of aliphatic hydroxyl groups excluding tert-OH is 1. The van der Waals surface area contributed by atoms with Crippen molar-refractivity contribution < 1.29 is 9.90 Å². The maximum absolute atomic E-state index is 12.2. The van der Waals surface area contributed by atoms with Crippen molar-refractivity contribution in [1.29, 1.82) is 0 Å². The van der Waals surface area contributed by atoms with Gasteiger partial charge in [-0.3, -0.25) is 9.69 Å². The van der Waals surface area contributed by atoms with Gasteiger partial charge in [-0.25, -0.2) is 0 Å². The Bertz CT molecular complexity index is 432. The van der Waals surface area contributed by atoms with Gasteiger partial charge in [-0.05, 0) is 63.1 Å². The highest BCUT2D eigenvalue weighted by Gasteiger charge is 2.50. The number of hydrogen-bond acceptors (Lipinski definition) is 3. The summed E-state index contributed by atoms with van der Waals surface area (Å²) in [4.78, 5) is 16.9. The fourth-order valence-corrected chi connectivity index (χ4v) is 5.00. The van der Waals surface area contributed by atoms with E-state index in [1.54, 1.807) is 6.08 Å². The normalized spacial score (nSPS) is 42.4. The second-order valence-corrected chi connectivity index (χ2v) is 6.58. The van der Waals surface area contributed by atoms with Crippen molar-refractivity contribution in [3.8, 4) is 0 Å². The number of rotatable bonds is 0. The molecule has 4 aliphatic heterocycles. The molecule has 0 bridgehead atoms. The Kier molecular flexibility index (Phi) is 2.62. The van der Waals surface area contributed by atoms with Crippen LogP contribution in [0, 0.1) is 11.8 Å². The van der Waals surface area contributed by atoms with Gasteiger partial charge >= 0.3 is 0 Å². The van der Waals surface area contributed by atoms with Gasteiger partial charge in [-0.15, -0.1) is 0 Å². The zero-order valence-electron chi connectivity index (χ0n) is 11.3. The molecule has 3 saturated heterocycles. The lowest BCUT2D eigenvalue weighted by atomic mass is 9.68. The van der Waals surface area contributed by atoms with Crippen LogP contribution in [0.5, 0.6) is 0 Å². The molecule has 0 spiro atoms. The Labute approximate surface area is 114 Å². The number of nitrogens with zero attached hydrogens (tertiary/aromatic N) is 2. The van der Waals surface area contributed by atoms with Crippen molar-refractivity contribution >= 4 is 5.91 Å². The van der Waals surface area contributed by atoms with E-state index >= 15 is 0 Å². The van der Waals surface area contributed by atoms with E-state index in [-0.39, 0.29) is 11.7 Å². The molecule has 104 valence electrons. The largest absolute Gasteiger partial charge is 0.503 e. The van der Waals surface area contributed by atoms with Gasteiger partial charge in [-0.2, -0.15) is 0 Å². The van der Waals surface area contributed by atoms with Crippen LogP contribution in [0.25, 0.3) is 0 Å². The molecule has 4 rings (SSSR count). The third-order valence-corrected chi connectivity index (χ3v) is 5.70. The zero-order chi connectivity index (χ0) is 13.0. The first-order valence-corrected chi connectivity index (χ1v) is 7.70. The molecule has 0 aromatic carbocycles. The molecule has 19 heavy (non-hydrogen) atoms. The highest BCUT2D eigenvalue weighted by Crippen LogP contribution is 2.44. The Morgan fingerprint density at radius 3 is 2.84 bits per heavy atom. The summed E-state index contributed by atoms with van der Waals surface area (Å²) in [6, 6.07) is 1.04. The van der Waals surface area contributed by atoms with Crippen LogP contribution in [0.15, 0.2) is 11.8 Å². The fraction of sp³-hybridized carbons (Fsp3) is 0.800. The van der Waals surface area contributed by atoms with Crippen LogP contribution in [0.1, 0.15) is 32.1 Å². The highest BCUT2D eigenvalue weighted by molar-refractivity contribution is 5.92. The van der Waals surface area contributed by atoms with Crippen molar-refractivity contribution in [2.75, 3.05) is 19.6 Å². The van der Waals surface area contributed by atoms with Crippen LogP contribution >= 0.6 is 0 Å². The Hall–Kier alpha value is -1.03. The summed E-state index contributed by atoms with van der Waals surface area (Å²) < 4.78 is 0. The first-order chi connectivity index (χ1) is 9.25. The van der Waals surface area contributed by atoms with Gasteiger partial charge in [0.15, 0.2) is 5.76 Å². The topological polar surface area (TPSA) is 43.8 Å². The molecule has 3 fully saturated rings. The van der Waals surface area contributed by atoms with E-state index in [0.717, 1.165) is 13.0 Å². The SMILES string of the molecule is O=C1C(O)=CC[C@@H]2[C@H]3CCCN4CCC[C@@H](CN12)[C@@H]34. The molecule has 1 amide bonds. The second-order valence-electron chi connectivity index (χ2n) is 6.58. The van der Waals surface area contributed by atoms with Crippen LogP contribution in [0.3, 0.4) is 0 Å². The highest BCUT2D eigenvalue weighted by atomic mass is 16.3. The van der Waals surface area contributed by atoms with Gasteiger partial charge in [0, 0.05) is 18.6 Å². The number of carbonyl (C=O) groups is 1. The van der Waals surface area contributed by atoms with Crippen molar-refractivity contribution in [3.63, 3.8) is 0 Å². The molecule has 4 nitrogen and oxygen atoms in total. The molecule has 0 saturated carbocycles. The van der Waals surface area contributed by atoms with Crippen molar-refractivity contribution in [1.82, 2.24) is 9.80 Å². The summed E-state index contributed by atoms with van der Waals surface area (Å²) >= 11 is 0. The Morgan fingerprint density at radius 2 is 2.00 bits per heavy atom. The second kappa shape index (κ2) is 4.23. The predicted octanol–water partition coefficient (Wildman–Crippen LogP) is 1.53. The fourth-order valence-electron chi connectivity index (χ4n) is 5.00. The van der Waals surface area contributed by atoms with Gasteiger partial charge in [0.1, 0.15) is 0 Å². The van der Waals surface area contributed by atoms with Crippen molar-refractivity contribution in [2.24, 2.45) is 11.8 Å². The van der Waals surface area contributed by atoms with E-state index in [1.165, 1.54) is 38.8 Å². The number of fused-ring (bicyclic) bond motifs is 2. The van der Waals surface area contributed by atoms with Crippen LogP contribution < -0.4 is 0 Å². The first-order valence-electron chi connectivity index (χ1n) is 7.70. The molecule has 4 heterocycles. The molecule has 0 radical (unpaired) electrons. The molecule has 4 atom stereocenters. The minimum Gasteiger partial charge on any atom is -0.503 e. The lowest BCUT2D eigenvalue weighted by Gasteiger charge is -2.58. The predicted molar refractivity (Wildman–Crippen MR) is 71.6 cm³/mol.